The van der Waals surface area contributed by atoms with Crippen LogP contribution >= 0.6 is 23.4 Å². The number of thioether (sulfide) groups is 1. The summed E-state index contributed by atoms with van der Waals surface area (Å²) in [6.45, 7) is 3.64. The molecule has 1 atom stereocenters. The van der Waals surface area contributed by atoms with E-state index < -0.39 is 0 Å². The number of carbonyl (C=O) groups excluding carboxylic acids is 1. The van der Waals surface area contributed by atoms with E-state index in [-0.39, 0.29) is 23.4 Å². The van der Waals surface area contributed by atoms with Crippen LogP contribution in [0.25, 0.3) is 5.65 Å². The van der Waals surface area contributed by atoms with Crippen LogP contribution in [0.2, 0.25) is 5.02 Å². The molecule has 0 aliphatic carbocycles. The minimum Gasteiger partial charge on any atom is -0.458 e. The number of benzene rings is 1. The molecular weight excluding hydrogens is 372 g/mol. The Morgan fingerprint density at radius 3 is 2.73 bits per heavy atom. The van der Waals surface area contributed by atoms with E-state index >= 15 is 0 Å². The standard InChI is InChI=1S/C19H17ClN2O3S/c1-12-3-8-17-21-15(9-18(23)22(17)10-12)11-25-19(24)13(2)26-16-6-4-14(20)5-7-16/h3-10,13H,11H2,1-2H3/t13-/m0/s1. The van der Waals surface area contributed by atoms with Crippen molar-refractivity contribution in [1.29, 1.82) is 0 Å². The van der Waals surface area contributed by atoms with Gasteiger partial charge in [-0.1, -0.05) is 17.7 Å². The van der Waals surface area contributed by atoms with Gasteiger partial charge >= 0.3 is 5.97 Å². The van der Waals surface area contributed by atoms with Crippen LogP contribution in [0.5, 0.6) is 0 Å². The number of hydrogen-bond donors (Lipinski definition) is 0. The summed E-state index contributed by atoms with van der Waals surface area (Å²) in [5, 5.41) is 0.258. The predicted molar refractivity (Wildman–Crippen MR) is 103 cm³/mol. The number of esters is 1. The first-order valence-electron chi connectivity index (χ1n) is 8.00. The molecule has 0 saturated heterocycles. The molecule has 1 aromatic carbocycles. The second kappa shape index (κ2) is 7.93. The van der Waals surface area contributed by atoms with Crippen molar-refractivity contribution in [1.82, 2.24) is 9.38 Å². The highest BCUT2D eigenvalue weighted by molar-refractivity contribution is 8.00. The van der Waals surface area contributed by atoms with E-state index in [4.69, 9.17) is 16.3 Å². The van der Waals surface area contributed by atoms with Crippen molar-refractivity contribution in [2.75, 3.05) is 0 Å². The summed E-state index contributed by atoms with van der Waals surface area (Å²) < 4.78 is 6.79. The lowest BCUT2D eigenvalue weighted by Gasteiger charge is -2.11. The van der Waals surface area contributed by atoms with Gasteiger partial charge < -0.3 is 4.74 Å². The van der Waals surface area contributed by atoms with Crippen LogP contribution in [0.3, 0.4) is 0 Å². The summed E-state index contributed by atoms with van der Waals surface area (Å²) in [6.07, 6.45) is 1.73. The van der Waals surface area contributed by atoms with Crippen molar-refractivity contribution < 1.29 is 9.53 Å². The first-order chi connectivity index (χ1) is 12.4. The number of halogens is 1. The molecule has 0 amide bonds. The Labute approximate surface area is 160 Å². The predicted octanol–water partition coefficient (Wildman–Crippen LogP) is 3.88. The Kier molecular flexibility index (Phi) is 5.64. The smallest absolute Gasteiger partial charge is 0.319 e. The molecular formula is C19H17ClN2O3S. The Morgan fingerprint density at radius 2 is 2.00 bits per heavy atom. The lowest BCUT2D eigenvalue weighted by atomic mass is 10.3. The fourth-order valence-electron chi connectivity index (χ4n) is 2.36. The fraction of sp³-hybridized carbons (Fsp3) is 0.211. The molecule has 0 radical (unpaired) electrons. The largest absolute Gasteiger partial charge is 0.458 e. The Bertz CT molecular complexity index is 1000. The van der Waals surface area contributed by atoms with Gasteiger partial charge in [0.15, 0.2) is 0 Å². The van der Waals surface area contributed by atoms with Crippen LogP contribution in [0.4, 0.5) is 0 Å². The van der Waals surface area contributed by atoms with E-state index in [1.165, 1.54) is 22.2 Å². The van der Waals surface area contributed by atoms with Crippen molar-refractivity contribution in [2.24, 2.45) is 0 Å². The van der Waals surface area contributed by atoms with Gasteiger partial charge in [-0.3, -0.25) is 14.0 Å². The minimum atomic E-state index is -0.389. The Hall–Kier alpha value is -2.31. The van der Waals surface area contributed by atoms with Crippen LogP contribution in [0.1, 0.15) is 18.2 Å². The van der Waals surface area contributed by atoms with E-state index in [0.29, 0.717) is 16.4 Å². The molecule has 0 unspecified atom stereocenters. The monoisotopic (exact) mass is 388 g/mol. The van der Waals surface area contributed by atoms with Gasteiger partial charge in [-0.2, -0.15) is 0 Å². The van der Waals surface area contributed by atoms with E-state index in [1.54, 1.807) is 31.3 Å². The lowest BCUT2D eigenvalue weighted by Crippen LogP contribution is -2.19. The summed E-state index contributed by atoms with van der Waals surface area (Å²) >= 11 is 7.24. The van der Waals surface area contributed by atoms with Gasteiger partial charge in [0.25, 0.3) is 5.56 Å². The van der Waals surface area contributed by atoms with Crippen LogP contribution < -0.4 is 5.56 Å². The van der Waals surface area contributed by atoms with Gasteiger partial charge in [0.05, 0.1) is 5.69 Å². The lowest BCUT2D eigenvalue weighted by molar-refractivity contribution is -0.144. The molecule has 0 saturated carbocycles. The molecule has 2 aromatic heterocycles. The average molecular weight is 389 g/mol. The number of rotatable bonds is 5. The first kappa shape index (κ1) is 18.5. The molecule has 7 heteroatoms. The second-order valence-corrected chi connectivity index (χ2v) is 7.69. The zero-order valence-electron chi connectivity index (χ0n) is 14.3. The molecule has 5 nitrogen and oxygen atoms in total. The number of nitrogens with zero attached hydrogens (tertiary/aromatic N) is 2. The van der Waals surface area contributed by atoms with Crippen LogP contribution in [-0.4, -0.2) is 20.6 Å². The zero-order valence-corrected chi connectivity index (χ0v) is 15.9. The number of aryl methyl sites for hydroxylation is 1. The summed E-state index contributed by atoms with van der Waals surface area (Å²) in [5.41, 5.74) is 1.72. The highest BCUT2D eigenvalue weighted by Crippen LogP contribution is 2.25. The van der Waals surface area contributed by atoms with Crippen LogP contribution in [-0.2, 0) is 16.1 Å². The van der Waals surface area contributed by atoms with Gasteiger partial charge in [-0.25, -0.2) is 4.98 Å². The molecule has 26 heavy (non-hydrogen) atoms. The summed E-state index contributed by atoms with van der Waals surface area (Å²) in [5.74, 6) is -0.365. The van der Waals surface area contributed by atoms with Gasteiger partial charge in [-0.15, -0.1) is 11.8 Å². The molecule has 3 rings (SSSR count). The second-order valence-electron chi connectivity index (χ2n) is 5.84. The molecule has 0 N–H and O–H groups in total. The highest BCUT2D eigenvalue weighted by atomic mass is 35.5. The summed E-state index contributed by atoms with van der Waals surface area (Å²) in [6, 6.07) is 12.3. The molecule has 0 bridgehead atoms. The van der Waals surface area contributed by atoms with Gasteiger partial charge in [0.2, 0.25) is 0 Å². The van der Waals surface area contributed by atoms with Gasteiger partial charge in [0.1, 0.15) is 17.5 Å². The maximum absolute atomic E-state index is 12.2. The Morgan fingerprint density at radius 1 is 1.27 bits per heavy atom. The molecule has 3 aromatic rings. The fourth-order valence-corrected chi connectivity index (χ4v) is 3.35. The number of pyridine rings is 1. The third kappa shape index (κ3) is 4.45. The SMILES string of the molecule is Cc1ccc2nc(COC(=O)[C@H](C)Sc3ccc(Cl)cc3)cc(=O)n2c1. The zero-order chi connectivity index (χ0) is 18.7. The highest BCUT2D eigenvalue weighted by Gasteiger charge is 2.16. The minimum absolute atomic E-state index is 0.0377. The first-order valence-corrected chi connectivity index (χ1v) is 9.26. The van der Waals surface area contributed by atoms with E-state index in [2.05, 4.69) is 4.98 Å². The number of ether oxygens (including phenoxy) is 1. The molecule has 0 aliphatic rings. The number of aromatic nitrogens is 2. The maximum Gasteiger partial charge on any atom is 0.319 e. The number of fused-ring (bicyclic) bond motifs is 1. The quantitative estimate of drug-likeness (QED) is 0.490. The maximum atomic E-state index is 12.2. The van der Waals surface area contributed by atoms with E-state index in [1.807, 2.05) is 25.1 Å². The van der Waals surface area contributed by atoms with Crippen molar-refractivity contribution >= 4 is 35.0 Å². The van der Waals surface area contributed by atoms with Crippen LogP contribution in [0.15, 0.2) is 58.4 Å². The van der Waals surface area contributed by atoms with Crippen molar-refractivity contribution in [3.63, 3.8) is 0 Å². The normalized spacial score (nSPS) is 12.1. The molecule has 134 valence electrons. The van der Waals surface area contributed by atoms with Crippen molar-refractivity contribution in [3.8, 4) is 0 Å². The van der Waals surface area contributed by atoms with Gasteiger partial charge in [-0.05, 0) is 49.7 Å². The molecule has 2 heterocycles. The van der Waals surface area contributed by atoms with Crippen LogP contribution in [0, 0.1) is 6.92 Å². The summed E-state index contributed by atoms with van der Waals surface area (Å²) in [4.78, 5) is 29.7. The average Bonchev–Trinajstić information content (AvgIpc) is 2.62. The van der Waals surface area contributed by atoms with Crippen molar-refractivity contribution in [3.05, 3.63) is 75.3 Å². The third-order valence-corrected chi connectivity index (χ3v) is 5.02. The van der Waals surface area contributed by atoms with E-state index in [9.17, 15) is 9.59 Å². The number of hydrogen-bond acceptors (Lipinski definition) is 5. The Balaban J connectivity index is 1.65. The summed E-state index contributed by atoms with van der Waals surface area (Å²) in [7, 11) is 0. The van der Waals surface area contributed by atoms with E-state index in [0.717, 1.165) is 10.5 Å². The molecule has 0 spiro atoms. The molecule has 0 aliphatic heterocycles. The third-order valence-electron chi connectivity index (χ3n) is 3.68. The van der Waals surface area contributed by atoms with Gasteiger partial charge in [0, 0.05) is 22.2 Å². The number of carbonyl (C=O) groups is 1. The van der Waals surface area contributed by atoms with Crippen molar-refractivity contribution in [2.45, 2.75) is 30.6 Å². The topological polar surface area (TPSA) is 60.7 Å². The molecule has 0 fully saturated rings.